The number of carboxylic acids is 1. The van der Waals surface area contributed by atoms with Crippen molar-refractivity contribution < 1.29 is 14.3 Å². The lowest BCUT2D eigenvalue weighted by Crippen LogP contribution is -2.22. The van der Waals surface area contributed by atoms with Gasteiger partial charge in [-0.2, -0.15) is 0 Å². The van der Waals surface area contributed by atoms with Crippen LogP contribution in [0.3, 0.4) is 0 Å². The summed E-state index contributed by atoms with van der Waals surface area (Å²) in [6.45, 7) is 2.22. The molecular formula is C26H24FN3O2S. The van der Waals surface area contributed by atoms with Gasteiger partial charge in [-0.05, 0) is 55.2 Å². The Morgan fingerprint density at radius 1 is 1.15 bits per heavy atom. The molecule has 1 aliphatic carbocycles. The average molecular weight is 462 g/mol. The lowest BCUT2D eigenvalue weighted by atomic mass is 9.92. The largest absolute Gasteiger partial charge is 0.481 e. The highest BCUT2D eigenvalue weighted by Crippen LogP contribution is 2.53. The van der Waals surface area contributed by atoms with Gasteiger partial charge >= 0.3 is 5.97 Å². The molecule has 0 aliphatic heterocycles. The zero-order valence-electron chi connectivity index (χ0n) is 18.2. The first-order chi connectivity index (χ1) is 16.0. The molecule has 1 fully saturated rings. The summed E-state index contributed by atoms with van der Waals surface area (Å²) < 4.78 is 15.0. The minimum Gasteiger partial charge on any atom is -0.481 e. The third-order valence-corrected chi connectivity index (χ3v) is 7.33. The van der Waals surface area contributed by atoms with Crippen LogP contribution < -0.4 is 5.32 Å². The number of hydrogen-bond donors (Lipinski definition) is 2. The molecule has 4 aromatic rings. The molecule has 5 nitrogen and oxygen atoms in total. The number of fused-ring (bicyclic) bond motifs is 1. The lowest BCUT2D eigenvalue weighted by Gasteiger charge is -2.14. The number of benzene rings is 2. The molecule has 0 unspecified atom stereocenters. The molecule has 5 rings (SSSR count). The van der Waals surface area contributed by atoms with E-state index in [1.54, 1.807) is 6.07 Å². The first kappa shape index (κ1) is 21.7. The van der Waals surface area contributed by atoms with Gasteiger partial charge in [0.25, 0.3) is 0 Å². The van der Waals surface area contributed by atoms with Crippen LogP contribution in [-0.4, -0.2) is 27.6 Å². The quantitative estimate of drug-likeness (QED) is 0.352. The standard InChI is InChI=1S/C26H24FN3O2S/c1-16(28-14-11-23(31)32)17-7-8-19(20(27)15-17)24-29-21-9-10-22(30-25(21)33-24)26(12-13-26)18-5-3-2-4-6-18/h2-10,15-16,28H,11-14H2,1H3,(H,31,32)/t16-/m1/s1. The van der Waals surface area contributed by atoms with Crippen molar-refractivity contribution in [1.82, 2.24) is 15.3 Å². The lowest BCUT2D eigenvalue weighted by molar-refractivity contribution is -0.136. The molecule has 2 aromatic carbocycles. The van der Waals surface area contributed by atoms with Crippen LogP contribution in [0.2, 0.25) is 0 Å². The summed E-state index contributed by atoms with van der Waals surface area (Å²) in [6.07, 6.45) is 2.18. The number of rotatable bonds is 8. The van der Waals surface area contributed by atoms with E-state index in [1.807, 2.05) is 25.1 Å². The van der Waals surface area contributed by atoms with E-state index in [9.17, 15) is 9.18 Å². The Morgan fingerprint density at radius 3 is 2.64 bits per heavy atom. The summed E-state index contributed by atoms with van der Waals surface area (Å²) >= 11 is 1.41. The summed E-state index contributed by atoms with van der Waals surface area (Å²) in [5.74, 6) is -1.21. The normalized spacial score (nSPS) is 15.5. The predicted molar refractivity (Wildman–Crippen MR) is 128 cm³/mol. The molecule has 1 atom stereocenters. The molecule has 2 aromatic heterocycles. The number of aliphatic carboxylic acids is 1. The maximum atomic E-state index is 15.0. The highest BCUT2D eigenvalue weighted by atomic mass is 32.1. The van der Waals surface area contributed by atoms with E-state index < -0.39 is 5.97 Å². The van der Waals surface area contributed by atoms with Crippen LogP contribution in [0, 0.1) is 5.82 Å². The molecule has 168 valence electrons. The van der Waals surface area contributed by atoms with Crippen molar-refractivity contribution in [2.24, 2.45) is 0 Å². The van der Waals surface area contributed by atoms with Crippen molar-refractivity contribution >= 4 is 27.7 Å². The van der Waals surface area contributed by atoms with Crippen LogP contribution in [-0.2, 0) is 10.2 Å². The summed E-state index contributed by atoms with van der Waals surface area (Å²) in [5, 5.41) is 12.5. The zero-order chi connectivity index (χ0) is 23.0. The number of hydrogen-bond acceptors (Lipinski definition) is 5. The third kappa shape index (κ3) is 4.26. The molecule has 0 spiro atoms. The number of thiazole rings is 1. The van der Waals surface area contributed by atoms with Gasteiger partial charge in [0.05, 0.1) is 12.1 Å². The number of nitrogens with zero attached hydrogens (tertiary/aromatic N) is 2. The molecule has 0 amide bonds. The molecule has 1 aliphatic rings. The Hall–Kier alpha value is -3.16. The second kappa shape index (κ2) is 8.65. The number of carboxylic acid groups (broad SMARTS) is 1. The van der Waals surface area contributed by atoms with Crippen LogP contribution in [0.4, 0.5) is 4.39 Å². The van der Waals surface area contributed by atoms with Gasteiger partial charge in [0, 0.05) is 23.6 Å². The van der Waals surface area contributed by atoms with Crippen molar-refractivity contribution in [2.45, 2.75) is 37.6 Å². The van der Waals surface area contributed by atoms with Crippen LogP contribution in [0.15, 0.2) is 60.7 Å². The molecule has 2 N–H and O–H groups in total. The molecule has 33 heavy (non-hydrogen) atoms. The van der Waals surface area contributed by atoms with Crippen molar-refractivity contribution in [3.05, 3.63) is 83.3 Å². The van der Waals surface area contributed by atoms with Crippen molar-refractivity contribution in [3.63, 3.8) is 0 Å². The van der Waals surface area contributed by atoms with Crippen LogP contribution in [0.25, 0.3) is 20.9 Å². The number of carbonyl (C=O) groups is 1. The summed E-state index contributed by atoms with van der Waals surface area (Å²) in [4.78, 5) is 21.1. The molecule has 7 heteroatoms. The van der Waals surface area contributed by atoms with E-state index in [4.69, 9.17) is 10.1 Å². The van der Waals surface area contributed by atoms with E-state index in [2.05, 4.69) is 40.6 Å². The van der Waals surface area contributed by atoms with Gasteiger partial charge in [-0.15, -0.1) is 0 Å². The topological polar surface area (TPSA) is 75.1 Å². The Labute approximate surface area is 195 Å². The van der Waals surface area contributed by atoms with Crippen LogP contribution >= 0.6 is 11.3 Å². The van der Waals surface area contributed by atoms with Gasteiger partial charge in [0.2, 0.25) is 0 Å². The Kier molecular flexibility index (Phi) is 5.68. The fourth-order valence-corrected chi connectivity index (χ4v) is 5.23. The minimum atomic E-state index is -0.861. The first-order valence-electron chi connectivity index (χ1n) is 11.0. The Morgan fingerprint density at radius 2 is 1.94 bits per heavy atom. The number of aromatic nitrogens is 2. The summed E-state index contributed by atoms with van der Waals surface area (Å²) in [6, 6.07) is 19.4. The number of halogens is 1. The molecular weight excluding hydrogens is 437 g/mol. The monoisotopic (exact) mass is 461 g/mol. The van der Waals surface area contributed by atoms with Gasteiger partial charge in [-0.3, -0.25) is 4.79 Å². The number of nitrogens with one attached hydrogen (secondary N) is 1. The maximum Gasteiger partial charge on any atom is 0.304 e. The predicted octanol–water partition coefficient (Wildman–Crippen LogP) is 5.70. The summed E-state index contributed by atoms with van der Waals surface area (Å²) in [5.41, 5.74) is 4.31. The van der Waals surface area contributed by atoms with E-state index >= 15 is 0 Å². The van der Waals surface area contributed by atoms with E-state index in [0.717, 1.165) is 34.4 Å². The maximum absolute atomic E-state index is 15.0. The zero-order valence-corrected chi connectivity index (χ0v) is 19.0. The third-order valence-electron chi connectivity index (χ3n) is 6.34. The fourth-order valence-electron chi connectivity index (χ4n) is 4.26. The highest BCUT2D eigenvalue weighted by molar-refractivity contribution is 7.21. The van der Waals surface area contributed by atoms with E-state index in [-0.39, 0.29) is 23.7 Å². The smallest absolute Gasteiger partial charge is 0.304 e. The van der Waals surface area contributed by atoms with Gasteiger partial charge in [-0.25, -0.2) is 14.4 Å². The fraction of sp³-hybridized carbons (Fsp3) is 0.269. The van der Waals surface area contributed by atoms with Gasteiger partial charge in [-0.1, -0.05) is 47.7 Å². The molecule has 0 bridgehead atoms. The molecule has 1 saturated carbocycles. The second-order valence-corrected chi connectivity index (χ2v) is 9.52. The minimum absolute atomic E-state index is 0.0176. The van der Waals surface area contributed by atoms with Gasteiger partial charge in [0.1, 0.15) is 21.2 Å². The van der Waals surface area contributed by atoms with Crippen LogP contribution in [0.1, 0.15) is 49.0 Å². The van der Waals surface area contributed by atoms with E-state index in [1.165, 1.54) is 23.0 Å². The number of pyridine rings is 1. The van der Waals surface area contributed by atoms with Crippen molar-refractivity contribution in [3.8, 4) is 10.6 Å². The van der Waals surface area contributed by atoms with Gasteiger partial charge < -0.3 is 10.4 Å². The SMILES string of the molecule is C[C@@H](NCCC(=O)O)c1ccc(-c2nc3ccc(C4(c5ccccc5)CC4)nc3s2)c(F)c1. The molecule has 0 saturated heterocycles. The second-order valence-electron chi connectivity index (χ2n) is 8.55. The van der Waals surface area contributed by atoms with Crippen molar-refractivity contribution in [2.75, 3.05) is 6.54 Å². The summed E-state index contributed by atoms with van der Waals surface area (Å²) in [7, 11) is 0. The van der Waals surface area contributed by atoms with E-state index in [0.29, 0.717) is 17.1 Å². The average Bonchev–Trinajstić information content (AvgIpc) is 3.52. The molecule has 2 heterocycles. The Balaban J connectivity index is 1.40. The van der Waals surface area contributed by atoms with Crippen molar-refractivity contribution in [1.29, 1.82) is 0 Å². The van der Waals surface area contributed by atoms with Crippen LogP contribution in [0.5, 0.6) is 0 Å². The first-order valence-corrected chi connectivity index (χ1v) is 11.9. The Bertz CT molecular complexity index is 1320. The highest BCUT2D eigenvalue weighted by Gasteiger charge is 2.47. The van der Waals surface area contributed by atoms with Gasteiger partial charge in [0.15, 0.2) is 0 Å². The molecule has 0 radical (unpaired) electrons.